The summed E-state index contributed by atoms with van der Waals surface area (Å²) >= 11 is 3.81. The molecule has 0 spiro atoms. The van der Waals surface area contributed by atoms with Gasteiger partial charge in [-0.25, -0.2) is 0 Å². The average Bonchev–Trinajstić information content (AvgIpc) is 2.86. The van der Waals surface area contributed by atoms with E-state index >= 15 is 0 Å². The normalized spacial score (nSPS) is 18.0. The minimum absolute atomic E-state index is 0.273. The van der Waals surface area contributed by atoms with Gasteiger partial charge in [0, 0.05) is 11.2 Å². The lowest BCUT2D eigenvalue weighted by molar-refractivity contribution is 0.254. The molecule has 0 aromatic heterocycles. The zero-order chi connectivity index (χ0) is 14.8. The van der Waals surface area contributed by atoms with Crippen molar-refractivity contribution in [1.29, 1.82) is 0 Å². The van der Waals surface area contributed by atoms with Crippen LogP contribution in [0.2, 0.25) is 0 Å². The van der Waals surface area contributed by atoms with E-state index in [4.69, 9.17) is 9.47 Å². The zero-order valence-corrected chi connectivity index (χ0v) is 13.9. The van der Waals surface area contributed by atoms with Crippen molar-refractivity contribution in [2.24, 2.45) is 0 Å². The smallest absolute Gasteiger partial charge is 0.123 e. The molecule has 0 saturated heterocycles. The molecule has 1 heterocycles. The number of halogens is 1. The summed E-state index contributed by atoms with van der Waals surface area (Å²) in [5, 5.41) is 0. The van der Waals surface area contributed by atoms with Gasteiger partial charge in [0.15, 0.2) is 0 Å². The van der Waals surface area contributed by atoms with E-state index in [9.17, 15) is 0 Å². The molecule has 3 heteroatoms. The van der Waals surface area contributed by atoms with Crippen molar-refractivity contribution in [2.45, 2.75) is 30.7 Å². The van der Waals surface area contributed by atoms with Crippen LogP contribution in [0.4, 0.5) is 0 Å². The molecular weight excluding hydrogens is 328 g/mol. The van der Waals surface area contributed by atoms with E-state index in [0.717, 1.165) is 24.3 Å². The topological polar surface area (TPSA) is 18.5 Å². The van der Waals surface area contributed by atoms with Crippen LogP contribution in [0, 0.1) is 0 Å². The molecule has 3 rings (SSSR count). The predicted molar refractivity (Wildman–Crippen MR) is 88.6 cm³/mol. The maximum absolute atomic E-state index is 5.76. The Bertz CT molecular complexity index is 639. The highest BCUT2D eigenvalue weighted by molar-refractivity contribution is 9.09. The summed E-state index contributed by atoms with van der Waals surface area (Å²) in [5.41, 5.74) is 3.81. The van der Waals surface area contributed by atoms with Gasteiger partial charge in [-0.1, -0.05) is 46.3 Å². The largest absolute Gasteiger partial charge is 0.496 e. The Kier molecular flexibility index (Phi) is 4.20. The molecule has 0 fully saturated rings. The van der Waals surface area contributed by atoms with Crippen molar-refractivity contribution >= 4 is 15.9 Å². The van der Waals surface area contributed by atoms with Crippen LogP contribution in [0.1, 0.15) is 28.4 Å². The summed E-state index contributed by atoms with van der Waals surface area (Å²) in [6, 6.07) is 14.7. The number of alkyl halides is 1. The summed E-state index contributed by atoms with van der Waals surface area (Å²) in [6.07, 6.45) is 2.19. The second-order valence-corrected chi connectivity index (χ2v) is 6.59. The van der Waals surface area contributed by atoms with Crippen molar-refractivity contribution in [3.63, 3.8) is 0 Å². The monoisotopic (exact) mass is 346 g/mol. The molecule has 2 atom stereocenters. The lowest BCUT2D eigenvalue weighted by Crippen LogP contribution is -2.05. The minimum atomic E-state index is 0.273. The molecule has 0 saturated carbocycles. The highest BCUT2D eigenvalue weighted by atomic mass is 79.9. The first-order chi connectivity index (χ1) is 10.2. The van der Waals surface area contributed by atoms with Gasteiger partial charge in [-0.3, -0.25) is 0 Å². The molecule has 2 nitrogen and oxygen atoms in total. The Hall–Kier alpha value is -1.48. The summed E-state index contributed by atoms with van der Waals surface area (Å²) in [6.45, 7) is 2.11. The molecule has 2 aromatic carbocycles. The molecule has 0 amide bonds. The second-order valence-electron chi connectivity index (χ2n) is 5.48. The number of methoxy groups -OCH3 is 1. The summed E-state index contributed by atoms with van der Waals surface area (Å²) in [4.78, 5) is 0.273. The van der Waals surface area contributed by atoms with Crippen LogP contribution in [0.3, 0.4) is 0 Å². The molecular formula is C18H19BrO2. The first kappa shape index (κ1) is 14.5. The predicted octanol–water partition coefficient (Wildman–Crippen LogP) is 4.70. The lowest BCUT2D eigenvalue weighted by Gasteiger charge is -2.14. The first-order valence-corrected chi connectivity index (χ1v) is 8.14. The van der Waals surface area contributed by atoms with Crippen LogP contribution in [-0.2, 0) is 12.8 Å². The summed E-state index contributed by atoms with van der Waals surface area (Å²) < 4.78 is 11.2. The fraction of sp³-hybridized carbons (Fsp3) is 0.333. The van der Waals surface area contributed by atoms with Crippen LogP contribution in [0.15, 0.2) is 42.5 Å². The van der Waals surface area contributed by atoms with Gasteiger partial charge < -0.3 is 9.47 Å². The number of rotatable bonds is 4. The van der Waals surface area contributed by atoms with Gasteiger partial charge in [0.2, 0.25) is 0 Å². The van der Waals surface area contributed by atoms with E-state index in [0.29, 0.717) is 6.10 Å². The second kappa shape index (κ2) is 6.10. The number of para-hydroxylation sites is 1. The highest BCUT2D eigenvalue weighted by Gasteiger charge is 2.20. The maximum Gasteiger partial charge on any atom is 0.123 e. The van der Waals surface area contributed by atoms with E-state index in [1.807, 2.05) is 12.1 Å². The Labute approximate surface area is 134 Å². The van der Waals surface area contributed by atoms with E-state index in [2.05, 4.69) is 53.2 Å². The number of benzene rings is 2. The molecule has 1 aliphatic rings. The standard InChI is InChI=1S/C18H19BrO2/c1-12-9-15-10-13(7-8-18(15)21-12)16(19)11-14-5-3-4-6-17(14)20-2/h3-8,10,12,16H,9,11H2,1-2H3. The van der Waals surface area contributed by atoms with Gasteiger partial charge in [-0.05, 0) is 42.2 Å². The van der Waals surface area contributed by atoms with Crippen molar-refractivity contribution in [3.05, 3.63) is 59.2 Å². The van der Waals surface area contributed by atoms with Gasteiger partial charge in [0.25, 0.3) is 0 Å². The molecule has 2 unspecified atom stereocenters. The van der Waals surface area contributed by atoms with E-state index in [1.54, 1.807) is 7.11 Å². The van der Waals surface area contributed by atoms with Crippen LogP contribution in [0.5, 0.6) is 11.5 Å². The number of fused-ring (bicyclic) bond motifs is 1. The number of hydrogen-bond acceptors (Lipinski definition) is 2. The molecule has 1 aliphatic heterocycles. The highest BCUT2D eigenvalue weighted by Crippen LogP contribution is 2.35. The SMILES string of the molecule is COc1ccccc1CC(Br)c1ccc2c(c1)CC(C)O2. The van der Waals surface area contributed by atoms with Crippen LogP contribution in [0.25, 0.3) is 0 Å². The van der Waals surface area contributed by atoms with Gasteiger partial charge in [-0.15, -0.1) is 0 Å². The Balaban J connectivity index is 1.80. The molecule has 2 aromatic rings. The Morgan fingerprint density at radius 1 is 1.29 bits per heavy atom. The fourth-order valence-corrected chi connectivity index (χ4v) is 3.45. The summed E-state index contributed by atoms with van der Waals surface area (Å²) in [7, 11) is 1.72. The molecule has 0 N–H and O–H groups in total. The lowest BCUT2D eigenvalue weighted by atomic mass is 10.0. The Morgan fingerprint density at radius 3 is 2.90 bits per heavy atom. The third kappa shape index (κ3) is 3.08. The first-order valence-electron chi connectivity index (χ1n) is 7.23. The molecule has 110 valence electrons. The van der Waals surface area contributed by atoms with Crippen LogP contribution in [-0.4, -0.2) is 13.2 Å². The van der Waals surface area contributed by atoms with Gasteiger partial charge in [0.1, 0.15) is 17.6 Å². The zero-order valence-electron chi connectivity index (χ0n) is 12.3. The third-order valence-electron chi connectivity index (χ3n) is 3.87. The molecule has 0 aliphatic carbocycles. The summed E-state index contributed by atoms with van der Waals surface area (Å²) in [5.74, 6) is 1.98. The van der Waals surface area contributed by atoms with Gasteiger partial charge in [-0.2, -0.15) is 0 Å². The third-order valence-corrected chi connectivity index (χ3v) is 4.73. The minimum Gasteiger partial charge on any atom is -0.496 e. The van der Waals surface area contributed by atoms with E-state index in [1.165, 1.54) is 16.7 Å². The Morgan fingerprint density at radius 2 is 2.10 bits per heavy atom. The van der Waals surface area contributed by atoms with Crippen LogP contribution >= 0.6 is 15.9 Å². The molecule has 0 radical (unpaired) electrons. The maximum atomic E-state index is 5.76. The van der Waals surface area contributed by atoms with Gasteiger partial charge in [0.05, 0.1) is 7.11 Å². The van der Waals surface area contributed by atoms with Crippen LogP contribution < -0.4 is 9.47 Å². The molecule has 0 bridgehead atoms. The van der Waals surface area contributed by atoms with Crippen molar-refractivity contribution in [3.8, 4) is 11.5 Å². The van der Waals surface area contributed by atoms with Crippen molar-refractivity contribution in [1.82, 2.24) is 0 Å². The number of ether oxygens (including phenoxy) is 2. The average molecular weight is 347 g/mol. The fourth-order valence-electron chi connectivity index (χ4n) is 2.82. The number of hydrogen-bond donors (Lipinski definition) is 0. The van der Waals surface area contributed by atoms with E-state index < -0.39 is 0 Å². The molecule has 21 heavy (non-hydrogen) atoms. The van der Waals surface area contributed by atoms with E-state index in [-0.39, 0.29) is 4.83 Å². The quantitative estimate of drug-likeness (QED) is 0.747. The van der Waals surface area contributed by atoms with Gasteiger partial charge >= 0.3 is 0 Å². The van der Waals surface area contributed by atoms with Crippen molar-refractivity contribution < 1.29 is 9.47 Å². The van der Waals surface area contributed by atoms with Crippen molar-refractivity contribution in [2.75, 3.05) is 7.11 Å².